The molecule has 1 fully saturated rings. The van der Waals surface area contributed by atoms with Crippen LogP contribution in [0, 0.1) is 0 Å². The molecule has 0 spiro atoms. The molecule has 114 valence electrons. The lowest BCUT2D eigenvalue weighted by atomic mass is 9.82. The van der Waals surface area contributed by atoms with E-state index < -0.39 is 17.5 Å². The molecule has 6 nitrogen and oxygen atoms in total. The highest BCUT2D eigenvalue weighted by atomic mass is 16.4. The highest BCUT2D eigenvalue weighted by Gasteiger charge is 2.41. The molecule has 1 aromatic rings. The van der Waals surface area contributed by atoms with Gasteiger partial charge in [-0.3, -0.25) is 4.98 Å². The number of aromatic nitrogens is 1. The molecule has 3 N–H and O–H groups in total. The number of aliphatic carboxylic acids is 1. The van der Waals surface area contributed by atoms with Gasteiger partial charge in [0.15, 0.2) is 0 Å². The van der Waals surface area contributed by atoms with Gasteiger partial charge in [-0.25, -0.2) is 9.59 Å². The fourth-order valence-electron chi connectivity index (χ4n) is 2.70. The molecule has 1 aliphatic carbocycles. The molecule has 1 aromatic heterocycles. The van der Waals surface area contributed by atoms with Gasteiger partial charge in [0.25, 0.3) is 0 Å². The number of carboxylic acid groups (broad SMARTS) is 1. The number of carboxylic acids is 1. The highest BCUT2D eigenvalue weighted by Crippen LogP contribution is 2.28. The summed E-state index contributed by atoms with van der Waals surface area (Å²) in [5, 5.41) is 14.8. The third-order valence-corrected chi connectivity index (χ3v) is 3.95. The van der Waals surface area contributed by atoms with Crippen LogP contribution in [-0.4, -0.2) is 27.6 Å². The summed E-state index contributed by atoms with van der Waals surface area (Å²) in [5.41, 5.74) is -0.396. The van der Waals surface area contributed by atoms with Gasteiger partial charge in [-0.2, -0.15) is 0 Å². The third kappa shape index (κ3) is 3.71. The molecule has 1 atom stereocenters. The molecular weight excluding hydrogens is 270 g/mol. The fourth-order valence-corrected chi connectivity index (χ4v) is 2.70. The first-order valence-electron chi connectivity index (χ1n) is 7.26. The van der Waals surface area contributed by atoms with Crippen LogP contribution in [0.2, 0.25) is 0 Å². The van der Waals surface area contributed by atoms with Crippen molar-refractivity contribution in [2.45, 2.75) is 50.6 Å². The van der Waals surface area contributed by atoms with Crippen molar-refractivity contribution >= 4 is 12.0 Å². The number of carbonyl (C=O) groups excluding carboxylic acids is 1. The molecule has 1 heterocycles. The van der Waals surface area contributed by atoms with Gasteiger partial charge < -0.3 is 15.7 Å². The minimum absolute atomic E-state index is 0.277. The largest absolute Gasteiger partial charge is 0.480 e. The second kappa shape index (κ2) is 6.56. The van der Waals surface area contributed by atoms with Gasteiger partial charge in [0, 0.05) is 6.20 Å². The Bertz CT molecular complexity index is 498. The summed E-state index contributed by atoms with van der Waals surface area (Å²) >= 11 is 0. The summed E-state index contributed by atoms with van der Waals surface area (Å²) in [7, 11) is 0. The highest BCUT2D eigenvalue weighted by molar-refractivity contribution is 5.86. The van der Waals surface area contributed by atoms with Crippen LogP contribution < -0.4 is 10.6 Å². The second-order valence-electron chi connectivity index (χ2n) is 5.52. The molecule has 0 aromatic carbocycles. The molecule has 0 bridgehead atoms. The van der Waals surface area contributed by atoms with E-state index in [1.54, 1.807) is 12.3 Å². The van der Waals surface area contributed by atoms with E-state index in [0.29, 0.717) is 12.8 Å². The number of hydrogen-bond donors (Lipinski definition) is 3. The number of hydrogen-bond acceptors (Lipinski definition) is 3. The summed E-state index contributed by atoms with van der Waals surface area (Å²) in [6.45, 7) is 1.82. The fraction of sp³-hybridized carbons (Fsp3) is 0.533. The van der Waals surface area contributed by atoms with Crippen LogP contribution in [0.25, 0.3) is 0 Å². The van der Waals surface area contributed by atoms with Gasteiger partial charge in [-0.15, -0.1) is 0 Å². The van der Waals surface area contributed by atoms with Crippen LogP contribution in [0.1, 0.15) is 50.8 Å². The van der Waals surface area contributed by atoms with E-state index in [-0.39, 0.29) is 6.04 Å². The van der Waals surface area contributed by atoms with E-state index in [2.05, 4.69) is 15.6 Å². The number of carbonyl (C=O) groups is 2. The third-order valence-electron chi connectivity index (χ3n) is 3.95. The van der Waals surface area contributed by atoms with Crippen LogP contribution in [0.4, 0.5) is 4.79 Å². The molecule has 1 unspecified atom stereocenters. The lowest BCUT2D eigenvalue weighted by molar-refractivity contribution is -0.145. The van der Waals surface area contributed by atoms with E-state index in [4.69, 9.17) is 0 Å². The summed E-state index contributed by atoms with van der Waals surface area (Å²) < 4.78 is 0. The standard InChI is InChI=1S/C15H21N3O3/c1-11(12-7-3-6-10-16-12)17-14(21)18-15(13(19)20)8-4-2-5-9-15/h3,6-7,10-11H,2,4-5,8-9H2,1H3,(H,19,20)(H2,17,18,21). The van der Waals surface area contributed by atoms with E-state index in [1.165, 1.54) is 0 Å². The first-order chi connectivity index (χ1) is 10.0. The maximum Gasteiger partial charge on any atom is 0.329 e. The van der Waals surface area contributed by atoms with E-state index >= 15 is 0 Å². The number of nitrogens with one attached hydrogen (secondary N) is 2. The van der Waals surface area contributed by atoms with Crippen molar-refractivity contribution in [2.75, 3.05) is 0 Å². The second-order valence-corrected chi connectivity index (χ2v) is 5.52. The zero-order valence-corrected chi connectivity index (χ0v) is 12.1. The average molecular weight is 291 g/mol. The number of amides is 2. The minimum atomic E-state index is -1.13. The molecule has 0 saturated heterocycles. The zero-order chi connectivity index (χ0) is 15.3. The van der Waals surface area contributed by atoms with Crippen molar-refractivity contribution in [3.8, 4) is 0 Å². The molecule has 6 heteroatoms. The molecule has 1 aliphatic rings. The average Bonchev–Trinajstić information content (AvgIpc) is 2.48. The van der Waals surface area contributed by atoms with E-state index in [1.807, 2.05) is 19.1 Å². The molecule has 0 aliphatic heterocycles. The molecule has 21 heavy (non-hydrogen) atoms. The summed E-state index contributed by atoms with van der Waals surface area (Å²) in [6.07, 6.45) is 5.28. The SMILES string of the molecule is CC(NC(=O)NC1(C(=O)O)CCCCC1)c1ccccn1. The Kier molecular flexibility index (Phi) is 4.77. The topological polar surface area (TPSA) is 91.3 Å². The van der Waals surface area contributed by atoms with Crippen LogP contribution in [0.3, 0.4) is 0 Å². The summed E-state index contributed by atoms with van der Waals surface area (Å²) in [5.74, 6) is -0.956. The van der Waals surface area contributed by atoms with Crippen molar-refractivity contribution in [3.05, 3.63) is 30.1 Å². The van der Waals surface area contributed by atoms with E-state index in [9.17, 15) is 14.7 Å². The van der Waals surface area contributed by atoms with Gasteiger partial charge in [-0.1, -0.05) is 25.3 Å². The Labute approximate surface area is 124 Å². The number of rotatable bonds is 4. The van der Waals surface area contributed by atoms with Crippen molar-refractivity contribution in [3.63, 3.8) is 0 Å². The van der Waals surface area contributed by atoms with Crippen molar-refractivity contribution in [1.29, 1.82) is 0 Å². The normalized spacial score (nSPS) is 18.5. The van der Waals surface area contributed by atoms with Gasteiger partial charge in [0.2, 0.25) is 0 Å². The summed E-state index contributed by atoms with van der Waals surface area (Å²) in [4.78, 5) is 27.8. The van der Waals surface area contributed by atoms with Crippen LogP contribution in [0.5, 0.6) is 0 Å². The molecule has 2 rings (SSSR count). The quantitative estimate of drug-likeness (QED) is 0.793. The summed E-state index contributed by atoms with van der Waals surface area (Å²) in [6, 6.07) is 4.73. The number of urea groups is 1. The molecule has 2 amide bonds. The lowest BCUT2D eigenvalue weighted by Gasteiger charge is -2.34. The molecule has 0 radical (unpaired) electrons. The van der Waals surface area contributed by atoms with Crippen LogP contribution >= 0.6 is 0 Å². The predicted molar refractivity (Wildman–Crippen MR) is 77.8 cm³/mol. The van der Waals surface area contributed by atoms with Crippen molar-refractivity contribution in [2.24, 2.45) is 0 Å². The number of nitrogens with zero attached hydrogens (tertiary/aromatic N) is 1. The Morgan fingerprint density at radius 3 is 2.57 bits per heavy atom. The first-order valence-corrected chi connectivity index (χ1v) is 7.26. The zero-order valence-electron chi connectivity index (χ0n) is 12.1. The maximum atomic E-state index is 12.1. The van der Waals surface area contributed by atoms with Gasteiger partial charge in [0.1, 0.15) is 5.54 Å². The maximum absolute atomic E-state index is 12.1. The Morgan fingerprint density at radius 2 is 2.00 bits per heavy atom. The van der Waals surface area contributed by atoms with Gasteiger partial charge >= 0.3 is 12.0 Å². The van der Waals surface area contributed by atoms with Crippen LogP contribution in [0.15, 0.2) is 24.4 Å². The Hall–Kier alpha value is -2.11. The smallest absolute Gasteiger partial charge is 0.329 e. The lowest BCUT2D eigenvalue weighted by Crippen LogP contribution is -2.58. The van der Waals surface area contributed by atoms with Gasteiger partial charge in [-0.05, 0) is 31.9 Å². The predicted octanol–water partition coefficient (Wildman–Crippen LogP) is 2.23. The first kappa shape index (κ1) is 15.3. The monoisotopic (exact) mass is 291 g/mol. The van der Waals surface area contributed by atoms with Gasteiger partial charge in [0.05, 0.1) is 11.7 Å². The Balaban J connectivity index is 1.98. The van der Waals surface area contributed by atoms with Crippen molar-refractivity contribution < 1.29 is 14.7 Å². The minimum Gasteiger partial charge on any atom is -0.480 e. The van der Waals surface area contributed by atoms with Crippen molar-refractivity contribution in [1.82, 2.24) is 15.6 Å². The number of pyridine rings is 1. The Morgan fingerprint density at radius 1 is 1.29 bits per heavy atom. The molecular formula is C15H21N3O3. The van der Waals surface area contributed by atoms with E-state index in [0.717, 1.165) is 25.0 Å². The molecule has 1 saturated carbocycles. The van der Waals surface area contributed by atoms with Crippen LogP contribution in [-0.2, 0) is 4.79 Å².